The first-order chi connectivity index (χ1) is 21.3. The lowest BCUT2D eigenvalue weighted by molar-refractivity contribution is -0.126. The van der Waals surface area contributed by atoms with Gasteiger partial charge >= 0.3 is 0 Å². The van der Waals surface area contributed by atoms with Crippen LogP contribution in [0.1, 0.15) is 42.1 Å². The van der Waals surface area contributed by atoms with Gasteiger partial charge in [0.2, 0.25) is 5.91 Å². The van der Waals surface area contributed by atoms with Gasteiger partial charge in [-0.2, -0.15) is 5.26 Å². The second-order valence-corrected chi connectivity index (χ2v) is 12.2. The van der Waals surface area contributed by atoms with E-state index in [-0.39, 0.29) is 60.6 Å². The minimum absolute atomic E-state index is 0.0955. The van der Waals surface area contributed by atoms with Crippen LogP contribution in [0.2, 0.25) is 15.1 Å². The number of fused-ring (bicyclic) bond motifs is 1. The number of nitrogens with two attached hydrogens (primary N) is 1. The van der Waals surface area contributed by atoms with Crippen LogP contribution in [0.5, 0.6) is 0 Å². The first-order valence-electron chi connectivity index (χ1n) is 14.1. The number of carbonyl (C=O) groups is 1. The number of carbonyl (C=O) groups excluding carboxylic acids is 1. The van der Waals surface area contributed by atoms with Crippen molar-refractivity contribution in [2.75, 3.05) is 36.8 Å². The Labute approximate surface area is 274 Å². The van der Waals surface area contributed by atoms with Crippen molar-refractivity contribution in [2.24, 2.45) is 0 Å². The third kappa shape index (κ3) is 5.29. The molecule has 0 spiro atoms. The number of pyridine rings is 3. The van der Waals surface area contributed by atoms with Gasteiger partial charge in [-0.3, -0.25) is 19.1 Å². The summed E-state index contributed by atoms with van der Waals surface area (Å²) in [6, 6.07) is 5.50. The van der Waals surface area contributed by atoms with E-state index in [1.54, 1.807) is 30.2 Å². The van der Waals surface area contributed by atoms with E-state index in [9.17, 15) is 19.2 Å². The molecular formula is C32H29Cl3FN7O2. The fraction of sp³-hybridized carbons (Fsp3) is 0.281. The van der Waals surface area contributed by atoms with Crippen LogP contribution in [-0.4, -0.2) is 51.5 Å². The van der Waals surface area contributed by atoms with Crippen molar-refractivity contribution in [3.05, 3.63) is 84.6 Å². The molecule has 0 bridgehead atoms. The molecule has 2 N–H and O–H groups in total. The lowest BCUT2D eigenvalue weighted by Crippen LogP contribution is -2.49. The predicted octanol–water partition coefficient (Wildman–Crippen LogP) is 6.58. The number of hydrogen-bond acceptors (Lipinski definition) is 7. The summed E-state index contributed by atoms with van der Waals surface area (Å²) < 4.78 is 16.1. The van der Waals surface area contributed by atoms with Gasteiger partial charge in [0.25, 0.3) is 5.56 Å². The highest BCUT2D eigenvalue weighted by molar-refractivity contribution is 6.39. The van der Waals surface area contributed by atoms with Gasteiger partial charge in [0.05, 0.1) is 38.5 Å². The van der Waals surface area contributed by atoms with Crippen LogP contribution in [0.3, 0.4) is 0 Å². The average Bonchev–Trinajstić information content (AvgIpc) is 3.02. The van der Waals surface area contributed by atoms with Gasteiger partial charge in [-0.25, -0.2) is 9.37 Å². The summed E-state index contributed by atoms with van der Waals surface area (Å²) >= 11 is 19.4. The maximum absolute atomic E-state index is 14.7. The van der Waals surface area contributed by atoms with E-state index in [0.29, 0.717) is 48.6 Å². The molecule has 13 heteroatoms. The third-order valence-corrected chi connectivity index (χ3v) is 9.13. The van der Waals surface area contributed by atoms with Crippen molar-refractivity contribution >= 4 is 63.1 Å². The van der Waals surface area contributed by atoms with Crippen LogP contribution in [0.4, 0.5) is 15.8 Å². The number of aryl methyl sites for hydroxylation is 1. The van der Waals surface area contributed by atoms with Crippen molar-refractivity contribution in [2.45, 2.75) is 33.6 Å². The summed E-state index contributed by atoms with van der Waals surface area (Å²) in [4.78, 5) is 39.7. The number of rotatable bonds is 5. The predicted molar refractivity (Wildman–Crippen MR) is 177 cm³/mol. The molecule has 0 unspecified atom stereocenters. The Balaban J connectivity index is 1.93. The number of amides is 1. The van der Waals surface area contributed by atoms with E-state index in [1.165, 1.54) is 10.6 Å². The number of nitrogens with zero attached hydrogens (tertiary/aromatic N) is 6. The Hall–Kier alpha value is -4.17. The normalized spacial score (nSPS) is 13.4. The molecule has 1 aromatic carbocycles. The maximum atomic E-state index is 14.7. The summed E-state index contributed by atoms with van der Waals surface area (Å²) in [6.07, 6.45) is 2.91. The van der Waals surface area contributed by atoms with Gasteiger partial charge in [0.1, 0.15) is 22.3 Å². The molecule has 1 aliphatic rings. The largest absolute Gasteiger partial charge is 0.397 e. The molecule has 1 aliphatic heterocycles. The number of piperazine rings is 1. The Morgan fingerprint density at radius 2 is 1.82 bits per heavy atom. The number of anilines is 2. The zero-order valence-electron chi connectivity index (χ0n) is 25.0. The average molecular weight is 669 g/mol. The fourth-order valence-electron chi connectivity index (χ4n) is 5.75. The standard InChI is InChI=1S/C32H29Cl3FN7O2/c1-6-21(44)41-9-11-42(12-10-41)30-18-13-20(33)28(22-17(5)23(34)25(36)24(35)26(22)38)40-31(18)43(32(45)19(30)14-37)29-16(4)7-8-39-27(29)15(2)3/h6-8,13,15H,1,9-12,38H2,2-5H3. The van der Waals surface area contributed by atoms with Crippen molar-refractivity contribution < 1.29 is 9.18 Å². The zero-order valence-corrected chi connectivity index (χ0v) is 27.3. The maximum Gasteiger partial charge on any atom is 0.276 e. The Morgan fingerprint density at radius 1 is 1.16 bits per heavy atom. The number of halogens is 4. The van der Waals surface area contributed by atoms with E-state index >= 15 is 0 Å². The van der Waals surface area contributed by atoms with E-state index in [0.717, 1.165) is 5.56 Å². The summed E-state index contributed by atoms with van der Waals surface area (Å²) in [5, 5.41) is 10.3. The molecule has 9 nitrogen and oxygen atoms in total. The second-order valence-electron chi connectivity index (χ2n) is 11.1. The Morgan fingerprint density at radius 3 is 2.42 bits per heavy atom. The first-order valence-corrected chi connectivity index (χ1v) is 15.2. The monoisotopic (exact) mass is 667 g/mol. The summed E-state index contributed by atoms with van der Waals surface area (Å²) in [5.74, 6) is -1.17. The van der Waals surface area contributed by atoms with Crippen LogP contribution < -0.4 is 16.2 Å². The van der Waals surface area contributed by atoms with Gasteiger partial charge in [-0.1, -0.05) is 55.2 Å². The molecule has 5 rings (SSSR count). The molecule has 0 radical (unpaired) electrons. The highest BCUT2D eigenvalue weighted by atomic mass is 35.5. The topological polar surface area (TPSA) is 121 Å². The molecule has 232 valence electrons. The van der Waals surface area contributed by atoms with E-state index in [1.807, 2.05) is 25.7 Å². The molecule has 45 heavy (non-hydrogen) atoms. The highest BCUT2D eigenvalue weighted by Gasteiger charge is 2.30. The number of aromatic nitrogens is 3. The Kier molecular flexibility index (Phi) is 8.82. The quantitative estimate of drug-likeness (QED) is 0.145. The second kappa shape index (κ2) is 12.3. The van der Waals surface area contributed by atoms with Crippen LogP contribution in [0.25, 0.3) is 28.0 Å². The van der Waals surface area contributed by atoms with Gasteiger partial charge in [-0.05, 0) is 49.1 Å². The molecule has 1 fully saturated rings. The molecule has 0 saturated carbocycles. The van der Waals surface area contributed by atoms with E-state index in [4.69, 9.17) is 45.5 Å². The van der Waals surface area contributed by atoms with Crippen LogP contribution in [-0.2, 0) is 4.79 Å². The highest BCUT2D eigenvalue weighted by Crippen LogP contribution is 2.44. The summed E-state index contributed by atoms with van der Waals surface area (Å²) in [6.45, 7) is 12.2. The number of nitriles is 1. The first kappa shape index (κ1) is 32.2. The molecule has 0 aliphatic carbocycles. The smallest absolute Gasteiger partial charge is 0.276 e. The molecular weight excluding hydrogens is 640 g/mol. The summed E-state index contributed by atoms with van der Waals surface area (Å²) in [7, 11) is 0. The van der Waals surface area contributed by atoms with Crippen molar-refractivity contribution in [1.29, 1.82) is 5.26 Å². The molecule has 3 aromatic heterocycles. The van der Waals surface area contributed by atoms with Crippen molar-refractivity contribution in [3.63, 3.8) is 0 Å². The van der Waals surface area contributed by atoms with Crippen LogP contribution in [0.15, 0.2) is 35.8 Å². The number of nitrogen functional groups attached to an aromatic ring is 1. The van der Waals surface area contributed by atoms with Crippen LogP contribution >= 0.6 is 34.8 Å². The molecule has 4 aromatic rings. The lowest BCUT2D eigenvalue weighted by atomic mass is 10.00. The molecule has 1 amide bonds. The fourth-order valence-corrected chi connectivity index (χ4v) is 6.42. The zero-order chi connectivity index (χ0) is 32.9. The van der Waals surface area contributed by atoms with Crippen molar-refractivity contribution in [3.8, 4) is 23.0 Å². The van der Waals surface area contributed by atoms with E-state index in [2.05, 4.69) is 17.6 Å². The third-order valence-electron chi connectivity index (χ3n) is 8.03. The molecule has 4 heterocycles. The number of benzene rings is 1. The minimum Gasteiger partial charge on any atom is -0.397 e. The Bertz CT molecular complexity index is 1980. The van der Waals surface area contributed by atoms with Gasteiger partial charge in [0, 0.05) is 43.3 Å². The molecule has 1 saturated heterocycles. The van der Waals surface area contributed by atoms with E-state index < -0.39 is 11.4 Å². The molecule has 0 atom stereocenters. The minimum atomic E-state index is -0.867. The number of hydrogen-bond donors (Lipinski definition) is 1. The SMILES string of the molecule is C=CC(=O)N1CCN(c2c(C#N)c(=O)n(-c3c(C)ccnc3C(C)C)c3nc(-c4c(C)c(Cl)c(F)c(Cl)c4N)c(Cl)cc23)CC1. The van der Waals surface area contributed by atoms with Gasteiger partial charge in [-0.15, -0.1) is 0 Å². The summed E-state index contributed by atoms with van der Waals surface area (Å²) in [5.41, 5.74) is 8.41. The van der Waals surface area contributed by atoms with Gasteiger partial charge in [0.15, 0.2) is 5.82 Å². The van der Waals surface area contributed by atoms with Crippen molar-refractivity contribution in [1.82, 2.24) is 19.4 Å². The van der Waals surface area contributed by atoms with Crippen LogP contribution in [0, 0.1) is 31.0 Å². The van der Waals surface area contributed by atoms with Gasteiger partial charge < -0.3 is 15.5 Å². The lowest BCUT2D eigenvalue weighted by Gasteiger charge is -2.36.